The lowest BCUT2D eigenvalue weighted by atomic mass is 9.98. The number of rotatable bonds is 4. The van der Waals surface area contributed by atoms with Crippen LogP contribution in [-0.2, 0) is 9.47 Å². The highest BCUT2D eigenvalue weighted by Gasteiger charge is 2.37. The van der Waals surface area contributed by atoms with E-state index in [1.54, 1.807) is 12.1 Å². The molecule has 1 aliphatic heterocycles. The smallest absolute Gasteiger partial charge is 0.337 e. The molecule has 0 saturated carbocycles. The summed E-state index contributed by atoms with van der Waals surface area (Å²) in [4.78, 5) is 50.7. The Kier molecular flexibility index (Phi) is 5.00. The van der Waals surface area contributed by atoms with Crippen LogP contribution in [-0.4, -0.2) is 38.0 Å². The van der Waals surface area contributed by atoms with Gasteiger partial charge in [-0.25, -0.2) is 14.5 Å². The molecule has 0 atom stereocenters. The zero-order valence-corrected chi connectivity index (χ0v) is 15.9. The number of methoxy groups -OCH3 is 2. The monoisotopic (exact) mass is 381 g/mol. The third-order valence-electron chi connectivity index (χ3n) is 4.60. The average molecular weight is 381 g/mol. The van der Waals surface area contributed by atoms with Gasteiger partial charge in [0.05, 0.1) is 42.2 Å². The SMILES string of the molecule is COC(=O)c1cc(C(=O)OC)cc(N2C(=O)c3ccc(C(C)C)cc3C2=O)c1. The zero-order chi connectivity index (χ0) is 20.6. The largest absolute Gasteiger partial charge is 0.465 e. The Morgan fingerprint density at radius 1 is 0.821 bits per heavy atom. The number of amides is 2. The summed E-state index contributed by atoms with van der Waals surface area (Å²) in [5.41, 5.74) is 1.65. The van der Waals surface area contributed by atoms with Crippen molar-refractivity contribution in [3.8, 4) is 0 Å². The Balaban J connectivity index is 2.12. The minimum absolute atomic E-state index is 0.0276. The number of carbonyl (C=O) groups is 4. The predicted molar refractivity (Wildman–Crippen MR) is 101 cm³/mol. The van der Waals surface area contributed by atoms with Crippen LogP contribution in [0.3, 0.4) is 0 Å². The van der Waals surface area contributed by atoms with E-state index in [9.17, 15) is 19.2 Å². The summed E-state index contributed by atoms with van der Waals surface area (Å²) in [7, 11) is 2.39. The molecule has 0 saturated heterocycles. The molecule has 0 aromatic heterocycles. The minimum atomic E-state index is -0.703. The molecule has 0 radical (unpaired) electrons. The first-order valence-electron chi connectivity index (χ1n) is 8.63. The van der Waals surface area contributed by atoms with Gasteiger partial charge in [-0.3, -0.25) is 9.59 Å². The fraction of sp³-hybridized carbons (Fsp3) is 0.238. The number of imide groups is 1. The number of benzene rings is 2. The summed E-state index contributed by atoms with van der Waals surface area (Å²) in [6.45, 7) is 3.98. The van der Waals surface area contributed by atoms with Crippen LogP contribution in [0.25, 0.3) is 0 Å². The molecule has 28 heavy (non-hydrogen) atoms. The molecule has 0 spiro atoms. The minimum Gasteiger partial charge on any atom is -0.465 e. The number of hydrogen-bond acceptors (Lipinski definition) is 6. The Labute approximate surface area is 161 Å². The topological polar surface area (TPSA) is 90.0 Å². The average Bonchev–Trinajstić information content (AvgIpc) is 2.96. The third kappa shape index (κ3) is 3.15. The van der Waals surface area contributed by atoms with Gasteiger partial charge in [0.1, 0.15) is 0 Å². The standard InChI is InChI=1S/C21H19NO6/c1-11(2)12-5-6-16-17(10-12)19(24)22(18(16)23)15-8-13(20(25)27-3)7-14(9-15)21(26)28-4/h5-11H,1-4H3. The van der Waals surface area contributed by atoms with E-state index in [2.05, 4.69) is 0 Å². The van der Waals surface area contributed by atoms with E-state index in [-0.39, 0.29) is 28.3 Å². The fourth-order valence-electron chi connectivity index (χ4n) is 3.06. The van der Waals surface area contributed by atoms with Gasteiger partial charge in [-0.05, 0) is 41.8 Å². The highest BCUT2D eigenvalue weighted by Crippen LogP contribution is 2.32. The Bertz CT molecular complexity index is 974. The van der Waals surface area contributed by atoms with Crippen LogP contribution < -0.4 is 4.90 Å². The maximum absolute atomic E-state index is 13.0. The van der Waals surface area contributed by atoms with Crippen molar-refractivity contribution in [1.82, 2.24) is 0 Å². The van der Waals surface area contributed by atoms with E-state index in [0.29, 0.717) is 5.56 Å². The van der Waals surface area contributed by atoms with Crippen LogP contribution in [0, 0.1) is 0 Å². The summed E-state index contributed by atoms with van der Waals surface area (Å²) in [5.74, 6) is -2.25. The number of carbonyl (C=O) groups excluding carboxylic acids is 4. The molecule has 2 amide bonds. The molecule has 0 N–H and O–H groups in total. The number of fused-ring (bicyclic) bond motifs is 1. The molecule has 1 aliphatic rings. The second kappa shape index (κ2) is 7.26. The first-order chi connectivity index (χ1) is 13.3. The van der Waals surface area contributed by atoms with Crippen molar-refractivity contribution in [2.75, 3.05) is 19.1 Å². The van der Waals surface area contributed by atoms with E-state index < -0.39 is 23.8 Å². The first kappa shape index (κ1) is 19.3. The molecule has 2 aromatic carbocycles. The van der Waals surface area contributed by atoms with E-state index in [4.69, 9.17) is 9.47 Å². The lowest BCUT2D eigenvalue weighted by Crippen LogP contribution is -2.30. The van der Waals surface area contributed by atoms with Crippen LogP contribution in [0.2, 0.25) is 0 Å². The Morgan fingerprint density at radius 3 is 1.86 bits per heavy atom. The maximum Gasteiger partial charge on any atom is 0.337 e. The number of anilines is 1. The molecular weight excluding hydrogens is 362 g/mol. The van der Waals surface area contributed by atoms with Crippen molar-refractivity contribution in [3.63, 3.8) is 0 Å². The molecule has 7 nitrogen and oxygen atoms in total. The molecule has 7 heteroatoms. The maximum atomic E-state index is 13.0. The van der Waals surface area contributed by atoms with Crippen molar-refractivity contribution < 1.29 is 28.7 Å². The van der Waals surface area contributed by atoms with E-state index in [0.717, 1.165) is 10.5 Å². The molecule has 3 rings (SSSR count). The van der Waals surface area contributed by atoms with E-state index >= 15 is 0 Å². The zero-order valence-electron chi connectivity index (χ0n) is 15.9. The molecule has 0 fully saturated rings. The first-order valence-corrected chi connectivity index (χ1v) is 8.63. The molecular formula is C21H19NO6. The number of nitrogens with zero attached hydrogens (tertiary/aromatic N) is 1. The summed E-state index contributed by atoms with van der Waals surface area (Å²) < 4.78 is 9.40. The Morgan fingerprint density at radius 2 is 1.36 bits per heavy atom. The quantitative estimate of drug-likeness (QED) is 0.597. The van der Waals surface area contributed by atoms with Gasteiger partial charge in [0.2, 0.25) is 0 Å². The van der Waals surface area contributed by atoms with E-state index in [1.807, 2.05) is 19.9 Å². The van der Waals surface area contributed by atoms with Crippen molar-refractivity contribution in [2.45, 2.75) is 19.8 Å². The lowest BCUT2D eigenvalue weighted by molar-refractivity contribution is 0.0598. The Hall–Kier alpha value is -3.48. The van der Waals surface area contributed by atoms with Gasteiger partial charge in [0.25, 0.3) is 11.8 Å². The van der Waals surface area contributed by atoms with Gasteiger partial charge in [-0.2, -0.15) is 0 Å². The molecule has 2 aromatic rings. The molecule has 0 unspecified atom stereocenters. The van der Waals surface area contributed by atoms with E-state index in [1.165, 1.54) is 32.4 Å². The number of hydrogen-bond donors (Lipinski definition) is 0. The molecule has 0 bridgehead atoms. The van der Waals surface area contributed by atoms with Gasteiger partial charge in [0, 0.05) is 0 Å². The van der Waals surface area contributed by atoms with Crippen molar-refractivity contribution in [1.29, 1.82) is 0 Å². The van der Waals surface area contributed by atoms with Crippen LogP contribution in [0.1, 0.15) is 66.8 Å². The normalized spacial score (nSPS) is 13.0. The van der Waals surface area contributed by atoms with Gasteiger partial charge in [0.15, 0.2) is 0 Å². The predicted octanol–water partition coefficient (Wildman–Crippen LogP) is 3.18. The molecule has 1 heterocycles. The van der Waals surface area contributed by atoms with Gasteiger partial charge >= 0.3 is 11.9 Å². The molecule has 0 aliphatic carbocycles. The van der Waals surface area contributed by atoms with Crippen LogP contribution in [0.5, 0.6) is 0 Å². The highest BCUT2D eigenvalue weighted by atomic mass is 16.5. The fourth-order valence-corrected chi connectivity index (χ4v) is 3.06. The summed E-state index contributed by atoms with van der Waals surface area (Å²) >= 11 is 0. The van der Waals surface area contributed by atoms with Crippen molar-refractivity contribution in [3.05, 3.63) is 64.2 Å². The lowest BCUT2D eigenvalue weighted by Gasteiger charge is -2.16. The van der Waals surface area contributed by atoms with Gasteiger partial charge < -0.3 is 9.47 Å². The van der Waals surface area contributed by atoms with Crippen molar-refractivity contribution in [2.24, 2.45) is 0 Å². The number of ether oxygens (including phenoxy) is 2. The summed E-state index contributed by atoms with van der Waals surface area (Å²) in [5, 5.41) is 0. The van der Waals surface area contributed by atoms with Crippen LogP contribution >= 0.6 is 0 Å². The third-order valence-corrected chi connectivity index (χ3v) is 4.60. The molecule has 144 valence electrons. The summed E-state index contributed by atoms with van der Waals surface area (Å²) in [6, 6.07) is 9.09. The number of esters is 2. The second-order valence-corrected chi connectivity index (χ2v) is 6.66. The highest BCUT2D eigenvalue weighted by molar-refractivity contribution is 6.34. The summed E-state index contributed by atoms with van der Waals surface area (Å²) in [6.07, 6.45) is 0. The van der Waals surface area contributed by atoms with Crippen molar-refractivity contribution >= 4 is 29.4 Å². The van der Waals surface area contributed by atoms with Crippen LogP contribution in [0.4, 0.5) is 5.69 Å². The van der Waals surface area contributed by atoms with Gasteiger partial charge in [-0.15, -0.1) is 0 Å². The van der Waals surface area contributed by atoms with Crippen LogP contribution in [0.15, 0.2) is 36.4 Å². The second-order valence-electron chi connectivity index (χ2n) is 6.66. The van der Waals surface area contributed by atoms with Gasteiger partial charge in [-0.1, -0.05) is 19.9 Å².